The third kappa shape index (κ3) is 3.23. The van der Waals surface area contributed by atoms with Gasteiger partial charge in [-0.1, -0.05) is 13.8 Å². The minimum absolute atomic E-state index is 0.178. The second-order valence-corrected chi connectivity index (χ2v) is 5.01. The maximum atomic E-state index is 10.1. The molecule has 84 valence electrons. The van der Waals surface area contributed by atoms with Gasteiger partial charge in [0.15, 0.2) is 0 Å². The first-order valence-corrected chi connectivity index (χ1v) is 5.57. The first-order chi connectivity index (χ1) is 6.50. The highest BCUT2D eigenvalue weighted by Crippen LogP contribution is 2.15. The van der Waals surface area contributed by atoms with Gasteiger partial charge >= 0.3 is 0 Å². The summed E-state index contributed by atoms with van der Waals surface area (Å²) in [6.45, 7) is 7.49. The van der Waals surface area contributed by atoms with Gasteiger partial charge in [-0.3, -0.25) is 4.90 Å². The van der Waals surface area contributed by atoms with Gasteiger partial charge < -0.3 is 10.0 Å². The number of likely N-dealkylation sites (N-methyl/N-ethyl adjacent to an activating group) is 2. The first kappa shape index (κ1) is 12.0. The molecule has 3 heteroatoms. The number of rotatable bonds is 3. The van der Waals surface area contributed by atoms with Crippen LogP contribution in [0.3, 0.4) is 0 Å². The molecule has 0 aromatic rings. The van der Waals surface area contributed by atoms with Crippen LogP contribution in [0.1, 0.15) is 20.3 Å². The normalized spacial score (nSPS) is 28.3. The molecular weight excluding hydrogens is 176 g/mol. The summed E-state index contributed by atoms with van der Waals surface area (Å²) >= 11 is 0. The molecule has 3 nitrogen and oxygen atoms in total. The maximum absolute atomic E-state index is 10.1. The van der Waals surface area contributed by atoms with Crippen molar-refractivity contribution in [1.82, 2.24) is 9.80 Å². The van der Waals surface area contributed by atoms with Crippen LogP contribution >= 0.6 is 0 Å². The molecule has 1 aliphatic heterocycles. The van der Waals surface area contributed by atoms with Gasteiger partial charge in [0, 0.05) is 25.7 Å². The minimum Gasteiger partial charge on any atom is -0.391 e. The molecule has 1 heterocycles. The predicted octanol–water partition coefficient (Wildman–Crippen LogP) is 0.639. The van der Waals surface area contributed by atoms with Crippen LogP contribution in [0, 0.1) is 5.92 Å². The van der Waals surface area contributed by atoms with E-state index in [1.54, 1.807) is 0 Å². The molecule has 0 aliphatic carbocycles. The Hall–Kier alpha value is -0.120. The average Bonchev–Trinajstić information content (AvgIpc) is 2.08. The SMILES string of the molecule is CC(C)CC(O)C1CN(C)CCN1C. The van der Waals surface area contributed by atoms with Crippen molar-refractivity contribution >= 4 is 0 Å². The zero-order valence-electron chi connectivity index (χ0n) is 9.90. The van der Waals surface area contributed by atoms with Crippen LogP contribution in [0.4, 0.5) is 0 Å². The largest absolute Gasteiger partial charge is 0.391 e. The molecule has 1 N–H and O–H groups in total. The second kappa shape index (κ2) is 5.10. The van der Waals surface area contributed by atoms with Gasteiger partial charge in [0.1, 0.15) is 0 Å². The molecule has 2 atom stereocenters. The third-order valence-electron chi connectivity index (χ3n) is 3.06. The quantitative estimate of drug-likeness (QED) is 0.724. The predicted molar refractivity (Wildman–Crippen MR) is 59.4 cm³/mol. The van der Waals surface area contributed by atoms with Gasteiger partial charge in [-0.2, -0.15) is 0 Å². The van der Waals surface area contributed by atoms with Gasteiger partial charge in [-0.25, -0.2) is 0 Å². The van der Waals surface area contributed by atoms with Crippen LogP contribution in [0.25, 0.3) is 0 Å². The second-order valence-electron chi connectivity index (χ2n) is 5.01. The van der Waals surface area contributed by atoms with Crippen molar-refractivity contribution in [2.75, 3.05) is 33.7 Å². The summed E-state index contributed by atoms with van der Waals surface area (Å²) in [5.41, 5.74) is 0. The summed E-state index contributed by atoms with van der Waals surface area (Å²) < 4.78 is 0. The molecule has 2 unspecified atom stereocenters. The third-order valence-corrected chi connectivity index (χ3v) is 3.06. The van der Waals surface area contributed by atoms with Crippen molar-refractivity contribution in [2.24, 2.45) is 5.92 Å². The molecule has 1 rings (SSSR count). The van der Waals surface area contributed by atoms with Crippen LogP contribution < -0.4 is 0 Å². The fraction of sp³-hybridized carbons (Fsp3) is 1.00. The molecule has 0 radical (unpaired) electrons. The fourth-order valence-electron chi connectivity index (χ4n) is 2.10. The van der Waals surface area contributed by atoms with Crippen molar-refractivity contribution in [2.45, 2.75) is 32.4 Å². The van der Waals surface area contributed by atoms with E-state index in [2.05, 4.69) is 37.7 Å². The Bertz CT molecular complexity index is 173. The zero-order chi connectivity index (χ0) is 10.7. The summed E-state index contributed by atoms with van der Waals surface area (Å²) in [5.74, 6) is 0.575. The van der Waals surface area contributed by atoms with Gasteiger partial charge in [-0.05, 0) is 26.4 Å². The van der Waals surface area contributed by atoms with Crippen molar-refractivity contribution in [3.63, 3.8) is 0 Å². The molecule has 0 aromatic heterocycles. The van der Waals surface area contributed by atoms with E-state index in [9.17, 15) is 5.11 Å². The zero-order valence-corrected chi connectivity index (χ0v) is 9.90. The molecule has 1 aliphatic rings. The summed E-state index contributed by atoms with van der Waals surface area (Å²) in [5, 5.41) is 10.1. The Labute approximate surface area is 87.7 Å². The van der Waals surface area contributed by atoms with Crippen LogP contribution in [-0.4, -0.2) is 60.8 Å². The summed E-state index contributed by atoms with van der Waals surface area (Å²) in [6, 6.07) is 0.316. The number of nitrogens with zero attached hydrogens (tertiary/aromatic N) is 2. The lowest BCUT2D eigenvalue weighted by Crippen LogP contribution is -2.55. The van der Waals surface area contributed by atoms with Crippen molar-refractivity contribution in [1.29, 1.82) is 0 Å². The molecule has 0 amide bonds. The van der Waals surface area contributed by atoms with E-state index >= 15 is 0 Å². The first-order valence-electron chi connectivity index (χ1n) is 5.57. The Morgan fingerprint density at radius 2 is 1.93 bits per heavy atom. The molecule has 1 fully saturated rings. The lowest BCUT2D eigenvalue weighted by molar-refractivity contribution is 0.00523. The summed E-state index contributed by atoms with van der Waals surface area (Å²) in [6.07, 6.45) is 0.728. The van der Waals surface area contributed by atoms with Gasteiger partial charge in [0.05, 0.1) is 6.10 Å². The van der Waals surface area contributed by atoms with E-state index in [0.29, 0.717) is 12.0 Å². The van der Waals surface area contributed by atoms with Crippen LogP contribution in [0.15, 0.2) is 0 Å². The van der Waals surface area contributed by atoms with Crippen molar-refractivity contribution < 1.29 is 5.11 Å². The monoisotopic (exact) mass is 200 g/mol. The van der Waals surface area contributed by atoms with E-state index in [1.807, 2.05) is 0 Å². The molecule has 0 spiro atoms. The van der Waals surface area contributed by atoms with Crippen molar-refractivity contribution in [3.8, 4) is 0 Å². The Morgan fingerprint density at radius 1 is 1.29 bits per heavy atom. The van der Waals surface area contributed by atoms with E-state index in [1.165, 1.54) is 0 Å². The van der Waals surface area contributed by atoms with Crippen LogP contribution in [-0.2, 0) is 0 Å². The van der Waals surface area contributed by atoms with Gasteiger partial charge in [0.25, 0.3) is 0 Å². The Kier molecular flexibility index (Phi) is 4.35. The Morgan fingerprint density at radius 3 is 2.50 bits per heavy atom. The summed E-state index contributed by atoms with van der Waals surface area (Å²) in [4.78, 5) is 4.58. The standard InChI is InChI=1S/C11H24N2O/c1-9(2)7-11(14)10-8-12(3)5-6-13(10)4/h9-11,14H,5-8H2,1-4H3. The number of aliphatic hydroxyl groups is 1. The van der Waals surface area contributed by atoms with Gasteiger partial charge in [-0.15, -0.1) is 0 Å². The van der Waals surface area contributed by atoms with Crippen LogP contribution in [0.2, 0.25) is 0 Å². The van der Waals surface area contributed by atoms with E-state index in [4.69, 9.17) is 0 Å². The number of aliphatic hydroxyl groups excluding tert-OH is 1. The fourth-order valence-corrected chi connectivity index (χ4v) is 2.10. The lowest BCUT2D eigenvalue weighted by atomic mass is 9.98. The van der Waals surface area contributed by atoms with Crippen LogP contribution in [0.5, 0.6) is 0 Å². The molecule has 14 heavy (non-hydrogen) atoms. The lowest BCUT2D eigenvalue weighted by Gasteiger charge is -2.40. The number of hydrogen-bond acceptors (Lipinski definition) is 3. The summed E-state index contributed by atoms with van der Waals surface area (Å²) in [7, 11) is 4.24. The van der Waals surface area contributed by atoms with E-state index < -0.39 is 0 Å². The highest BCUT2D eigenvalue weighted by atomic mass is 16.3. The Balaban J connectivity index is 2.46. The van der Waals surface area contributed by atoms with Gasteiger partial charge in [0.2, 0.25) is 0 Å². The smallest absolute Gasteiger partial charge is 0.0710 e. The molecule has 1 saturated heterocycles. The molecular formula is C11H24N2O. The van der Waals surface area contributed by atoms with E-state index in [-0.39, 0.29) is 6.10 Å². The highest BCUT2D eigenvalue weighted by Gasteiger charge is 2.28. The van der Waals surface area contributed by atoms with E-state index in [0.717, 1.165) is 26.1 Å². The topological polar surface area (TPSA) is 26.7 Å². The highest BCUT2D eigenvalue weighted by molar-refractivity contribution is 4.84. The molecule has 0 bridgehead atoms. The number of piperazine rings is 1. The maximum Gasteiger partial charge on any atom is 0.0710 e. The number of hydrogen-bond donors (Lipinski definition) is 1. The average molecular weight is 200 g/mol. The molecule has 0 aromatic carbocycles. The minimum atomic E-state index is -0.178. The molecule has 0 saturated carbocycles. The van der Waals surface area contributed by atoms with Crippen molar-refractivity contribution in [3.05, 3.63) is 0 Å².